The topological polar surface area (TPSA) is 15.3 Å². The van der Waals surface area contributed by atoms with Gasteiger partial charge in [0.2, 0.25) is 0 Å². The van der Waals surface area contributed by atoms with E-state index in [0.29, 0.717) is 11.1 Å². The van der Waals surface area contributed by atoms with Crippen LogP contribution in [0.15, 0.2) is 0 Å². The summed E-state index contributed by atoms with van der Waals surface area (Å²) in [6.07, 6.45) is 3.75. The van der Waals surface area contributed by atoms with E-state index in [9.17, 15) is 0 Å². The van der Waals surface area contributed by atoms with Crippen molar-refractivity contribution in [3.8, 4) is 0 Å². The standard InChI is InChI=1S/C15H32N2/c1-7-13(4)10-17-12-15(8-2,9-3)16-11-14(17,5)6/h13,16H,7-12H2,1-6H3. The zero-order valence-corrected chi connectivity index (χ0v) is 12.8. The van der Waals surface area contributed by atoms with Crippen LogP contribution >= 0.6 is 0 Å². The van der Waals surface area contributed by atoms with Crippen molar-refractivity contribution in [2.75, 3.05) is 19.6 Å². The minimum Gasteiger partial charge on any atom is -0.308 e. The fourth-order valence-corrected chi connectivity index (χ4v) is 2.69. The fourth-order valence-electron chi connectivity index (χ4n) is 2.69. The second-order valence-electron chi connectivity index (χ2n) is 6.55. The van der Waals surface area contributed by atoms with Gasteiger partial charge in [-0.25, -0.2) is 0 Å². The van der Waals surface area contributed by atoms with Crippen LogP contribution in [0, 0.1) is 5.92 Å². The number of hydrogen-bond acceptors (Lipinski definition) is 2. The average molecular weight is 240 g/mol. The largest absolute Gasteiger partial charge is 0.308 e. The normalized spacial score (nSPS) is 25.8. The molecule has 0 amide bonds. The predicted octanol–water partition coefficient (Wildman–Crippen LogP) is 3.28. The van der Waals surface area contributed by atoms with Gasteiger partial charge in [0.05, 0.1) is 0 Å². The first-order valence-electron chi connectivity index (χ1n) is 7.39. The molecule has 0 aromatic rings. The molecule has 2 heteroatoms. The Morgan fingerprint density at radius 3 is 2.24 bits per heavy atom. The van der Waals surface area contributed by atoms with E-state index in [0.717, 1.165) is 12.5 Å². The molecule has 2 nitrogen and oxygen atoms in total. The number of piperazine rings is 1. The van der Waals surface area contributed by atoms with Crippen LogP contribution in [-0.4, -0.2) is 35.6 Å². The Labute approximate surface area is 108 Å². The molecule has 0 aliphatic carbocycles. The van der Waals surface area contributed by atoms with Gasteiger partial charge in [-0.2, -0.15) is 0 Å². The highest BCUT2D eigenvalue weighted by molar-refractivity contribution is 5.00. The third-order valence-electron chi connectivity index (χ3n) is 4.83. The predicted molar refractivity (Wildman–Crippen MR) is 76.4 cm³/mol. The maximum atomic E-state index is 3.80. The third-order valence-corrected chi connectivity index (χ3v) is 4.83. The van der Waals surface area contributed by atoms with Crippen LogP contribution in [0.4, 0.5) is 0 Å². The third kappa shape index (κ3) is 3.45. The molecule has 1 N–H and O–H groups in total. The van der Waals surface area contributed by atoms with Crippen LogP contribution in [0.3, 0.4) is 0 Å². The Morgan fingerprint density at radius 1 is 1.18 bits per heavy atom. The fraction of sp³-hybridized carbons (Fsp3) is 1.00. The second-order valence-corrected chi connectivity index (χ2v) is 6.55. The van der Waals surface area contributed by atoms with Gasteiger partial charge in [-0.15, -0.1) is 0 Å². The first kappa shape index (κ1) is 15.0. The van der Waals surface area contributed by atoms with Crippen LogP contribution in [0.5, 0.6) is 0 Å². The molecule has 0 spiro atoms. The van der Waals surface area contributed by atoms with Crippen molar-refractivity contribution in [1.82, 2.24) is 10.2 Å². The van der Waals surface area contributed by atoms with E-state index in [1.54, 1.807) is 0 Å². The van der Waals surface area contributed by atoms with Crippen LogP contribution in [0.25, 0.3) is 0 Å². The molecule has 0 saturated carbocycles. The Morgan fingerprint density at radius 2 is 1.76 bits per heavy atom. The molecular weight excluding hydrogens is 208 g/mol. The molecule has 1 aliphatic rings. The summed E-state index contributed by atoms with van der Waals surface area (Å²) in [4.78, 5) is 2.71. The Kier molecular flexibility index (Phi) is 5.03. The van der Waals surface area contributed by atoms with Crippen LogP contribution < -0.4 is 5.32 Å². The van der Waals surface area contributed by atoms with Crippen molar-refractivity contribution in [1.29, 1.82) is 0 Å². The van der Waals surface area contributed by atoms with Crippen molar-refractivity contribution >= 4 is 0 Å². The van der Waals surface area contributed by atoms with Gasteiger partial charge in [-0.1, -0.05) is 34.1 Å². The first-order chi connectivity index (χ1) is 7.89. The lowest BCUT2D eigenvalue weighted by Gasteiger charge is -2.52. The molecule has 1 atom stereocenters. The Bertz CT molecular complexity index is 231. The number of nitrogens with one attached hydrogen (secondary N) is 1. The van der Waals surface area contributed by atoms with Gasteiger partial charge >= 0.3 is 0 Å². The van der Waals surface area contributed by atoms with Gasteiger partial charge in [-0.05, 0) is 32.6 Å². The van der Waals surface area contributed by atoms with Crippen molar-refractivity contribution < 1.29 is 0 Å². The SMILES string of the molecule is CCC(C)CN1CC(CC)(CC)NCC1(C)C. The van der Waals surface area contributed by atoms with Crippen LogP contribution in [-0.2, 0) is 0 Å². The highest BCUT2D eigenvalue weighted by atomic mass is 15.3. The molecule has 1 rings (SSSR count). The van der Waals surface area contributed by atoms with E-state index >= 15 is 0 Å². The van der Waals surface area contributed by atoms with Crippen molar-refractivity contribution in [2.24, 2.45) is 5.92 Å². The maximum Gasteiger partial charge on any atom is 0.0304 e. The lowest BCUT2D eigenvalue weighted by molar-refractivity contribution is 0.0124. The monoisotopic (exact) mass is 240 g/mol. The van der Waals surface area contributed by atoms with Crippen molar-refractivity contribution in [2.45, 2.75) is 71.9 Å². The minimum absolute atomic E-state index is 0.303. The number of nitrogens with zero attached hydrogens (tertiary/aromatic N) is 1. The molecule has 1 heterocycles. The molecule has 0 bridgehead atoms. The van der Waals surface area contributed by atoms with Gasteiger partial charge in [0, 0.05) is 30.7 Å². The van der Waals surface area contributed by atoms with Crippen molar-refractivity contribution in [3.05, 3.63) is 0 Å². The zero-order valence-electron chi connectivity index (χ0n) is 12.8. The Hall–Kier alpha value is -0.0800. The van der Waals surface area contributed by atoms with Crippen molar-refractivity contribution in [3.63, 3.8) is 0 Å². The summed E-state index contributed by atoms with van der Waals surface area (Å²) in [6.45, 7) is 17.6. The molecule has 1 saturated heterocycles. The molecule has 0 aromatic carbocycles. The Balaban J connectivity index is 2.75. The smallest absolute Gasteiger partial charge is 0.0304 e. The van der Waals surface area contributed by atoms with E-state index in [1.807, 2.05) is 0 Å². The summed E-state index contributed by atoms with van der Waals surface area (Å²) in [6, 6.07) is 0. The summed E-state index contributed by atoms with van der Waals surface area (Å²) >= 11 is 0. The van der Waals surface area contributed by atoms with Crippen LogP contribution in [0.2, 0.25) is 0 Å². The summed E-state index contributed by atoms with van der Waals surface area (Å²) in [7, 11) is 0. The highest BCUT2D eigenvalue weighted by Gasteiger charge is 2.40. The number of rotatable bonds is 5. The summed E-state index contributed by atoms with van der Waals surface area (Å²) in [5.41, 5.74) is 0.653. The lowest BCUT2D eigenvalue weighted by atomic mass is 9.84. The summed E-state index contributed by atoms with van der Waals surface area (Å²) in [5, 5.41) is 3.80. The molecule has 1 fully saturated rings. The minimum atomic E-state index is 0.303. The van der Waals surface area contributed by atoms with E-state index in [4.69, 9.17) is 0 Å². The molecule has 0 radical (unpaired) electrons. The second kappa shape index (κ2) is 5.71. The average Bonchev–Trinajstić information content (AvgIpc) is 2.32. The lowest BCUT2D eigenvalue weighted by Crippen LogP contribution is -2.68. The molecule has 17 heavy (non-hydrogen) atoms. The van der Waals surface area contributed by atoms with E-state index in [-0.39, 0.29) is 0 Å². The van der Waals surface area contributed by atoms with Gasteiger partial charge in [0.15, 0.2) is 0 Å². The number of hydrogen-bond donors (Lipinski definition) is 1. The highest BCUT2D eigenvalue weighted by Crippen LogP contribution is 2.29. The van der Waals surface area contributed by atoms with Gasteiger partial charge in [-0.3, -0.25) is 4.90 Å². The molecule has 1 unspecified atom stereocenters. The van der Waals surface area contributed by atoms with Crippen LogP contribution in [0.1, 0.15) is 60.8 Å². The summed E-state index contributed by atoms with van der Waals surface area (Å²) < 4.78 is 0. The van der Waals surface area contributed by atoms with Gasteiger partial charge in [0.25, 0.3) is 0 Å². The maximum absolute atomic E-state index is 3.80. The van der Waals surface area contributed by atoms with E-state index in [1.165, 1.54) is 32.4 Å². The first-order valence-corrected chi connectivity index (χ1v) is 7.39. The van der Waals surface area contributed by atoms with Gasteiger partial charge in [0.1, 0.15) is 0 Å². The van der Waals surface area contributed by atoms with E-state index < -0.39 is 0 Å². The van der Waals surface area contributed by atoms with E-state index in [2.05, 4.69) is 51.8 Å². The molecule has 0 aromatic heterocycles. The molecular formula is C15H32N2. The molecule has 1 aliphatic heterocycles. The summed E-state index contributed by atoms with van der Waals surface area (Å²) in [5.74, 6) is 0.804. The van der Waals surface area contributed by atoms with Gasteiger partial charge < -0.3 is 5.32 Å². The molecule has 102 valence electrons. The quantitative estimate of drug-likeness (QED) is 0.793. The zero-order chi connectivity index (χ0) is 13.1.